The van der Waals surface area contributed by atoms with E-state index in [1.807, 2.05) is 17.5 Å². The van der Waals surface area contributed by atoms with Crippen molar-refractivity contribution in [1.29, 1.82) is 0 Å². The highest BCUT2D eigenvalue weighted by Crippen LogP contribution is 2.12. The monoisotopic (exact) mass is 271 g/mol. The van der Waals surface area contributed by atoms with Crippen LogP contribution < -0.4 is 5.32 Å². The van der Waals surface area contributed by atoms with Crippen LogP contribution in [0.15, 0.2) is 47.9 Å². The standard InChI is InChI=1S/C15H13NO2S/c1-11(17)12-4-6-13(7-5-12)16-15(18)9-8-14-3-2-10-19-14/h2-10H,1H3,(H,16,18). The van der Waals surface area contributed by atoms with Crippen molar-refractivity contribution in [1.82, 2.24) is 0 Å². The van der Waals surface area contributed by atoms with Gasteiger partial charge in [-0.05, 0) is 48.7 Å². The SMILES string of the molecule is CC(=O)c1ccc(NC(=O)C=Cc2cccs2)cc1. The molecule has 0 saturated carbocycles. The van der Waals surface area contributed by atoms with Crippen molar-refractivity contribution < 1.29 is 9.59 Å². The minimum Gasteiger partial charge on any atom is -0.323 e. The number of benzene rings is 1. The maximum Gasteiger partial charge on any atom is 0.248 e. The molecule has 3 nitrogen and oxygen atoms in total. The van der Waals surface area contributed by atoms with Crippen LogP contribution in [-0.4, -0.2) is 11.7 Å². The zero-order valence-electron chi connectivity index (χ0n) is 10.4. The molecule has 0 radical (unpaired) electrons. The number of anilines is 1. The summed E-state index contributed by atoms with van der Waals surface area (Å²) in [5, 5.41) is 4.69. The molecule has 2 aromatic rings. The van der Waals surface area contributed by atoms with Crippen LogP contribution in [0.25, 0.3) is 6.08 Å². The number of hydrogen-bond acceptors (Lipinski definition) is 3. The molecule has 0 spiro atoms. The van der Waals surface area contributed by atoms with Gasteiger partial charge in [-0.25, -0.2) is 0 Å². The highest BCUT2D eigenvalue weighted by atomic mass is 32.1. The molecule has 2 rings (SSSR count). The number of carbonyl (C=O) groups is 2. The summed E-state index contributed by atoms with van der Waals surface area (Å²) in [5.74, 6) is -0.181. The molecule has 1 amide bonds. The molecule has 1 aromatic heterocycles. The van der Waals surface area contributed by atoms with Gasteiger partial charge in [0.05, 0.1) is 0 Å². The van der Waals surface area contributed by atoms with Crippen molar-refractivity contribution in [2.75, 3.05) is 5.32 Å². The number of amides is 1. The van der Waals surface area contributed by atoms with Gasteiger partial charge in [0.2, 0.25) is 5.91 Å². The Bertz CT molecular complexity index is 598. The molecule has 4 heteroatoms. The average Bonchev–Trinajstić information content (AvgIpc) is 2.90. The van der Waals surface area contributed by atoms with Crippen LogP contribution in [0.5, 0.6) is 0 Å². The number of hydrogen-bond donors (Lipinski definition) is 1. The second-order valence-electron chi connectivity index (χ2n) is 3.97. The third kappa shape index (κ3) is 3.89. The summed E-state index contributed by atoms with van der Waals surface area (Å²) in [7, 11) is 0. The maximum atomic E-state index is 11.7. The van der Waals surface area contributed by atoms with Gasteiger partial charge in [0.15, 0.2) is 5.78 Å². The second-order valence-corrected chi connectivity index (χ2v) is 4.95. The average molecular weight is 271 g/mol. The number of Topliss-reactive ketones (excluding diaryl/α,β-unsaturated/α-hetero) is 1. The number of ketones is 1. The van der Waals surface area contributed by atoms with Gasteiger partial charge in [-0.2, -0.15) is 0 Å². The summed E-state index contributed by atoms with van der Waals surface area (Å²) < 4.78 is 0. The molecule has 0 aliphatic rings. The molecule has 1 heterocycles. The summed E-state index contributed by atoms with van der Waals surface area (Å²) in [4.78, 5) is 23.8. The predicted octanol–water partition coefficient (Wildman–Crippen LogP) is 3.60. The Balaban J connectivity index is 1.97. The number of rotatable bonds is 4. The van der Waals surface area contributed by atoms with Crippen LogP contribution in [-0.2, 0) is 4.79 Å². The van der Waals surface area contributed by atoms with Crippen LogP contribution in [0.3, 0.4) is 0 Å². The Morgan fingerprint density at radius 3 is 2.47 bits per heavy atom. The molecule has 96 valence electrons. The molecule has 0 fully saturated rings. The topological polar surface area (TPSA) is 46.2 Å². The quantitative estimate of drug-likeness (QED) is 0.682. The second kappa shape index (κ2) is 6.11. The van der Waals surface area contributed by atoms with Crippen molar-refractivity contribution in [2.45, 2.75) is 6.92 Å². The Labute approximate surface area is 115 Å². The van der Waals surface area contributed by atoms with Gasteiger partial charge in [0.25, 0.3) is 0 Å². The largest absolute Gasteiger partial charge is 0.323 e. The predicted molar refractivity (Wildman–Crippen MR) is 78.4 cm³/mol. The van der Waals surface area contributed by atoms with E-state index < -0.39 is 0 Å². The molecule has 0 bridgehead atoms. The fraction of sp³-hybridized carbons (Fsp3) is 0.0667. The van der Waals surface area contributed by atoms with Crippen LogP contribution >= 0.6 is 11.3 Å². The minimum atomic E-state index is -0.191. The first-order valence-electron chi connectivity index (χ1n) is 5.79. The van der Waals surface area contributed by atoms with Crippen molar-refractivity contribution in [3.8, 4) is 0 Å². The van der Waals surface area contributed by atoms with Gasteiger partial charge < -0.3 is 5.32 Å². The first kappa shape index (κ1) is 13.2. The van der Waals surface area contributed by atoms with Crippen LogP contribution in [0, 0.1) is 0 Å². The zero-order valence-corrected chi connectivity index (χ0v) is 11.2. The van der Waals surface area contributed by atoms with E-state index in [4.69, 9.17) is 0 Å². The van der Waals surface area contributed by atoms with Gasteiger partial charge in [0.1, 0.15) is 0 Å². The Hall–Kier alpha value is -2.20. The molecule has 19 heavy (non-hydrogen) atoms. The maximum absolute atomic E-state index is 11.7. The molecule has 0 atom stereocenters. The number of nitrogens with one attached hydrogen (secondary N) is 1. The summed E-state index contributed by atoms with van der Waals surface area (Å²) in [5.41, 5.74) is 1.30. The fourth-order valence-electron chi connectivity index (χ4n) is 1.52. The lowest BCUT2D eigenvalue weighted by molar-refractivity contribution is -0.111. The molecular formula is C15H13NO2S. The molecular weight excluding hydrogens is 258 g/mol. The van der Waals surface area contributed by atoms with E-state index in [1.165, 1.54) is 13.0 Å². The third-order valence-corrected chi connectivity index (χ3v) is 3.34. The highest BCUT2D eigenvalue weighted by molar-refractivity contribution is 7.10. The Morgan fingerprint density at radius 2 is 1.89 bits per heavy atom. The lowest BCUT2D eigenvalue weighted by Crippen LogP contribution is -2.07. The van der Waals surface area contributed by atoms with Gasteiger partial charge in [0, 0.05) is 22.2 Å². The van der Waals surface area contributed by atoms with Crippen molar-refractivity contribution in [3.05, 3.63) is 58.3 Å². The Kier molecular flexibility index (Phi) is 4.26. The van der Waals surface area contributed by atoms with Gasteiger partial charge >= 0.3 is 0 Å². The lowest BCUT2D eigenvalue weighted by atomic mass is 10.1. The van der Waals surface area contributed by atoms with E-state index >= 15 is 0 Å². The van der Waals surface area contributed by atoms with Gasteiger partial charge in [-0.3, -0.25) is 9.59 Å². The normalized spacial score (nSPS) is 10.6. The number of carbonyl (C=O) groups excluding carboxylic acids is 2. The number of thiophene rings is 1. The van der Waals surface area contributed by atoms with Crippen molar-refractivity contribution in [2.24, 2.45) is 0 Å². The van der Waals surface area contributed by atoms with Gasteiger partial charge in [-0.1, -0.05) is 6.07 Å². The van der Waals surface area contributed by atoms with E-state index in [2.05, 4.69) is 5.32 Å². The molecule has 1 N–H and O–H groups in total. The van der Waals surface area contributed by atoms with E-state index in [1.54, 1.807) is 41.7 Å². The molecule has 1 aromatic carbocycles. The van der Waals surface area contributed by atoms with Crippen LogP contribution in [0.1, 0.15) is 22.2 Å². The minimum absolute atomic E-state index is 0.00969. The van der Waals surface area contributed by atoms with E-state index in [9.17, 15) is 9.59 Å². The van der Waals surface area contributed by atoms with Crippen molar-refractivity contribution >= 4 is 34.8 Å². The van der Waals surface area contributed by atoms with Crippen molar-refractivity contribution in [3.63, 3.8) is 0 Å². The molecule has 0 aliphatic carbocycles. The van der Waals surface area contributed by atoms with Crippen LogP contribution in [0.4, 0.5) is 5.69 Å². The molecule has 0 aliphatic heterocycles. The zero-order chi connectivity index (χ0) is 13.7. The van der Waals surface area contributed by atoms with E-state index in [0.29, 0.717) is 11.3 Å². The van der Waals surface area contributed by atoms with Gasteiger partial charge in [-0.15, -0.1) is 11.3 Å². The molecule has 0 unspecified atom stereocenters. The smallest absolute Gasteiger partial charge is 0.248 e. The molecule has 0 saturated heterocycles. The third-order valence-electron chi connectivity index (χ3n) is 2.50. The summed E-state index contributed by atoms with van der Waals surface area (Å²) in [6.07, 6.45) is 3.26. The summed E-state index contributed by atoms with van der Waals surface area (Å²) >= 11 is 1.57. The highest BCUT2D eigenvalue weighted by Gasteiger charge is 2.01. The Morgan fingerprint density at radius 1 is 1.16 bits per heavy atom. The summed E-state index contributed by atoms with van der Waals surface area (Å²) in [6.45, 7) is 1.51. The fourth-order valence-corrected chi connectivity index (χ4v) is 2.13. The van der Waals surface area contributed by atoms with E-state index in [-0.39, 0.29) is 11.7 Å². The first-order chi connectivity index (χ1) is 9.15. The van der Waals surface area contributed by atoms with E-state index in [0.717, 1.165) is 4.88 Å². The summed E-state index contributed by atoms with van der Waals surface area (Å²) in [6, 6.07) is 10.7. The first-order valence-corrected chi connectivity index (χ1v) is 6.67. The van der Waals surface area contributed by atoms with Crippen LogP contribution in [0.2, 0.25) is 0 Å². The lowest BCUT2D eigenvalue weighted by Gasteiger charge is -2.02.